The fourth-order valence-corrected chi connectivity index (χ4v) is 6.11. The number of rotatable bonds is 18. The minimum absolute atomic E-state index is 0. The Labute approximate surface area is 361 Å². The third-order valence-corrected chi connectivity index (χ3v) is 9.41. The minimum atomic E-state index is -0.488. The Hall–Kier alpha value is -3.69. The van der Waals surface area contributed by atoms with Gasteiger partial charge in [-0.3, -0.25) is 24.5 Å². The van der Waals surface area contributed by atoms with Crippen molar-refractivity contribution >= 4 is 41.8 Å². The number of aromatic nitrogens is 3. The van der Waals surface area contributed by atoms with Crippen molar-refractivity contribution in [2.24, 2.45) is 0 Å². The summed E-state index contributed by atoms with van der Waals surface area (Å²) in [7, 11) is 1.56. The van der Waals surface area contributed by atoms with Crippen molar-refractivity contribution < 1.29 is 58.3 Å². The average molecular weight is 801 g/mol. The van der Waals surface area contributed by atoms with Crippen molar-refractivity contribution in [2.45, 2.75) is 136 Å². The number of carbonyl (C=O) groups is 5. The number of benzene rings is 1. The van der Waals surface area contributed by atoms with Crippen LogP contribution in [0, 0.1) is 6.20 Å². The third-order valence-electron chi connectivity index (χ3n) is 9.41. The first-order valence-corrected chi connectivity index (χ1v) is 19.9. The Balaban J connectivity index is 0.000000531. The third kappa shape index (κ3) is 18.6. The molecule has 0 unspecified atom stereocenters. The summed E-state index contributed by atoms with van der Waals surface area (Å²) in [5, 5.41) is 18.3. The van der Waals surface area contributed by atoms with Gasteiger partial charge in [-0.1, -0.05) is 76.9 Å². The summed E-state index contributed by atoms with van der Waals surface area (Å²) in [6.45, 7) is 15.7. The molecule has 2 aromatic heterocycles. The second kappa shape index (κ2) is 27.1. The first-order valence-electron chi connectivity index (χ1n) is 19.9. The van der Waals surface area contributed by atoms with Crippen LogP contribution >= 0.6 is 0 Å². The van der Waals surface area contributed by atoms with E-state index in [9.17, 15) is 19.2 Å². The van der Waals surface area contributed by atoms with Crippen LogP contribution in [0.15, 0.2) is 36.5 Å². The van der Waals surface area contributed by atoms with Crippen LogP contribution in [-0.4, -0.2) is 88.9 Å². The van der Waals surface area contributed by atoms with Gasteiger partial charge in [0.25, 0.3) is 11.8 Å². The smallest absolute Gasteiger partial charge is 0.384 e. The standard InChI is InChI=1S/C24H36N4O4.C11H14N3.C5H10O.C2H5NO.Na/c1-23(2,28-19(29)14-26-16-8-5-6-9-16)15-32-24(3,4)12-13-25-18-11-7-10-17-20(18)22(31)27-21(17)30;1-3-9(4-2)10-6-8-14-11(13-10)5-7-12-14;1-2-3-4-5-6;1-3-2-4;/h7,10-11,16,25-26H,5-6,8-9,12-15H2,1-4H3,(H,28,29)(H,27,30,31);5-7,9H,3-4H2,1-2H3;5H,2-4H2,1H3;2H,1H3,(H,3,4);/q;-1;;;+1. The molecule has 5 N–H and O–H groups in total. The number of hydrogen-bond acceptors (Lipinski definition) is 10. The molecule has 57 heavy (non-hydrogen) atoms. The van der Waals surface area contributed by atoms with Crippen LogP contribution in [0.1, 0.15) is 145 Å². The number of unbranched alkanes of at least 4 members (excludes halogenated alkanes) is 2. The monoisotopic (exact) mass is 800 g/mol. The average Bonchev–Trinajstić information content (AvgIpc) is 3.94. The van der Waals surface area contributed by atoms with Gasteiger partial charge >= 0.3 is 29.6 Å². The topological polar surface area (TPSA) is 185 Å². The van der Waals surface area contributed by atoms with Gasteiger partial charge in [0.1, 0.15) is 6.29 Å². The molecule has 15 heteroatoms. The molecule has 0 spiro atoms. The van der Waals surface area contributed by atoms with Gasteiger partial charge in [-0.2, -0.15) is 0 Å². The van der Waals surface area contributed by atoms with E-state index in [2.05, 4.69) is 63.6 Å². The molecule has 1 saturated carbocycles. The van der Waals surface area contributed by atoms with E-state index in [0.29, 0.717) is 61.3 Å². The summed E-state index contributed by atoms with van der Waals surface area (Å²) >= 11 is 0. The second-order valence-electron chi connectivity index (χ2n) is 15.2. The van der Waals surface area contributed by atoms with E-state index in [0.717, 1.165) is 62.6 Å². The number of hydrogen-bond donors (Lipinski definition) is 5. The molecule has 310 valence electrons. The Morgan fingerprint density at radius 2 is 1.75 bits per heavy atom. The second-order valence-corrected chi connectivity index (χ2v) is 15.2. The van der Waals surface area contributed by atoms with Crippen molar-refractivity contribution in [2.75, 3.05) is 32.1 Å². The van der Waals surface area contributed by atoms with Crippen LogP contribution in [-0.2, 0) is 19.1 Å². The molecule has 3 heterocycles. The molecule has 0 radical (unpaired) electrons. The molecule has 3 aromatic rings. The van der Waals surface area contributed by atoms with Gasteiger partial charge in [-0.05, 0) is 71.4 Å². The van der Waals surface area contributed by atoms with E-state index in [1.807, 2.05) is 39.8 Å². The largest absolute Gasteiger partial charge is 1.00 e. The Bertz CT molecular complexity index is 1670. The fourth-order valence-electron chi connectivity index (χ4n) is 6.11. The Morgan fingerprint density at radius 3 is 2.35 bits per heavy atom. The zero-order valence-electron chi connectivity index (χ0n) is 35.8. The summed E-state index contributed by atoms with van der Waals surface area (Å²) in [4.78, 5) is 59.3. The van der Waals surface area contributed by atoms with Crippen molar-refractivity contribution in [3.8, 4) is 0 Å². The molecule has 1 aliphatic carbocycles. The van der Waals surface area contributed by atoms with Crippen LogP contribution in [0.5, 0.6) is 0 Å². The summed E-state index contributed by atoms with van der Waals surface area (Å²) < 4.78 is 7.81. The van der Waals surface area contributed by atoms with E-state index in [-0.39, 0.29) is 47.3 Å². The number of ether oxygens (including phenoxy) is 1. The first kappa shape index (κ1) is 51.3. The summed E-state index contributed by atoms with van der Waals surface area (Å²) in [5.74, 6) is -0.203. The van der Waals surface area contributed by atoms with E-state index in [1.165, 1.54) is 12.8 Å². The Kier molecular flexibility index (Phi) is 24.4. The SMILES string of the molecule is CC(C)(COC(C)(C)CCNc1cccc2c1C(=O)NC2=O)NC(=O)CNC1CCCC1.CCC(CC)c1c[c-]n2nccc2n1.CCCCC=O.CNC=O.[Na+]. The van der Waals surface area contributed by atoms with Gasteiger partial charge in [0.15, 0.2) is 0 Å². The molecular weight excluding hydrogens is 736 g/mol. The maximum Gasteiger partial charge on any atom is 1.00 e. The molecule has 14 nitrogen and oxygen atoms in total. The predicted molar refractivity (Wildman–Crippen MR) is 220 cm³/mol. The van der Waals surface area contributed by atoms with E-state index >= 15 is 0 Å². The molecule has 5 rings (SSSR count). The van der Waals surface area contributed by atoms with Crippen molar-refractivity contribution in [1.82, 2.24) is 35.9 Å². The molecular formula is C42H65N8NaO6. The van der Waals surface area contributed by atoms with Crippen molar-refractivity contribution in [1.29, 1.82) is 0 Å². The van der Waals surface area contributed by atoms with Gasteiger partial charge in [-0.15, -0.1) is 6.07 Å². The summed E-state index contributed by atoms with van der Waals surface area (Å²) in [5.41, 5.74) is 2.52. The fraction of sp³-hybridized carbons (Fsp3) is 0.595. The van der Waals surface area contributed by atoms with Gasteiger partial charge in [0.2, 0.25) is 12.3 Å². The molecule has 0 bridgehead atoms. The summed E-state index contributed by atoms with van der Waals surface area (Å²) in [6.07, 6.45) is 17.0. The number of fused-ring (bicyclic) bond motifs is 2. The summed E-state index contributed by atoms with van der Waals surface area (Å²) in [6, 6.07) is 9.51. The van der Waals surface area contributed by atoms with Crippen LogP contribution in [0.4, 0.5) is 5.69 Å². The van der Waals surface area contributed by atoms with Gasteiger partial charge in [0.05, 0.1) is 35.4 Å². The molecule has 2 aliphatic rings. The van der Waals surface area contributed by atoms with Crippen LogP contribution in [0.25, 0.3) is 5.65 Å². The van der Waals surface area contributed by atoms with Gasteiger partial charge in [-0.25, -0.2) is 5.10 Å². The van der Waals surface area contributed by atoms with E-state index in [4.69, 9.17) is 9.53 Å². The minimum Gasteiger partial charge on any atom is -0.384 e. The number of nitrogens with one attached hydrogen (secondary N) is 5. The molecule has 0 atom stereocenters. The number of aldehydes is 1. The van der Waals surface area contributed by atoms with Gasteiger partial charge in [0, 0.05) is 43.6 Å². The first-order chi connectivity index (χ1) is 26.7. The molecule has 0 saturated heterocycles. The number of anilines is 1. The quantitative estimate of drug-likeness (QED) is 0.0422. The van der Waals surface area contributed by atoms with Crippen molar-refractivity contribution in [3.05, 3.63) is 59.5 Å². The van der Waals surface area contributed by atoms with Crippen LogP contribution < -0.4 is 56.1 Å². The molecule has 1 aliphatic heterocycles. The maximum atomic E-state index is 12.3. The predicted octanol–water partition coefficient (Wildman–Crippen LogP) is 2.77. The number of imide groups is 1. The number of carbonyl (C=O) groups excluding carboxylic acids is 5. The molecule has 1 aromatic carbocycles. The van der Waals surface area contributed by atoms with Crippen LogP contribution in [0.3, 0.4) is 0 Å². The Morgan fingerprint density at radius 1 is 1.07 bits per heavy atom. The van der Waals surface area contributed by atoms with E-state index < -0.39 is 11.1 Å². The number of nitrogens with zero attached hydrogens (tertiary/aromatic N) is 3. The van der Waals surface area contributed by atoms with Gasteiger partial charge < -0.3 is 40.3 Å². The number of amides is 4. The zero-order chi connectivity index (χ0) is 41.6. The van der Waals surface area contributed by atoms with Crippen molar-refractivity contribution in [3.63, 3.8) is 0 Å². The molecule has 4 amide bonds. The van der Waals surface area contributed by atoms with E-state index in [1.54, 1.807) is 36.0 Å². The normalized spacial score (nSPS) is 13.4. The zero-order valence-corrected chi connectivity index (χ0v) is 37.8. The van der Waals surface area contributed by atoms with Crippen LogP contribution in [0.2, 0.25) is 0 Å². The maximum absolute atomic E-state index is 12.3. The molecule has 1 fully saturated rings.